The first-order chi connectivity index (χ1) is 4.83. The smallest absolute Gasteiger partial charge is 0.135 e. The van der Waals surface area contributed by atoms with E-state index >= 15 is 0 Å². The van der Waals surface area contributed by atoms with Crippen molar-refractivity contribution < 1.29 is 4.79 Å². The standard InChI is InChI=1S/C9H19NO/c1-7(2)8(11)5-6-9(3,4)10/h7H,5-6,10H2,1-4H3. The summed E-state index contributed by atoms with van der Waals surface area (Å²) in [7, 11) is 0. The van der Waals surface area contributed by atoms with Crippen molar-refractivity contribution in [3.05, 3.63) is 0 Å². The first kappa shape index (κ1) is 10.6. The van der Waals surface area contributed by atoms with Crippen LogP contribution in [0.1, 0.15) is 40.5 Å². The molecule has 0 atom stereocenters. The van der Waals surface area contributed by atoms with E-state index in [9.17, 15) is 4.79 Å². The predicted molar refractivity (Wildman–Crippen MR) is 47.3 cm³/mol. The summed E-state index contributed by atoms with van der Waals surface area (Å²) in [5.41, 5.74) is 5.53. The maximum atomic E-state index is 11.1. The monoisotopic (exact) mass is 157 g/mol. The van der Waals surface area contributed by atoms with Crippen LogP contribution in [-0.4, -0.2) is 11.3 Å². The van der Waals surface area contributed by atoms with E-state index in [1.807, 2.05) is 27.7 Å². The molecule has 2 N–H and O–H groups in total. The van der Waals surface area contributed by atoms with Crippen LogP contribution in [0.3, 0.4) is 0 Å². The molecule has 0 radical (unpaired) electrons. The molecule has 11 heavy (non-hydrogen) atoms. The minimum absolute atomic E-state index is 0.150. The number of carbonyl (C=O) groups is 1. The van der Waals surface area contributed by atoms with E-state index in [-0.39, 0.29) is 11.5 Å². The van der Waals surface area contributed by atoms with Gasteiger partial charge in [-0.3, -0.25) is 4.79 Å². The van der Waals surface area contributed by atoms with Gasteiger partial charge in [-0.2, -0.15) is 0 Å². The van der Waals surface area contributed by atoms with Crippen LogP contribution in [0, 0.1) is 5.92 Å². The van der Waals surface area contributed by atoms with E-state index in [0.29, 0.717) is 12.2 Å². The van der Waals surface area contributed by atoms with Crippen molar-refractivity contribution in [2.24, 2.45) is 11.7 Å². The largest absolute Gasteiger partial charge is 0.326 e. The molecule has 0 bridgehead atoms. The van der Waals surface area contributed by atoms with Gasteiger partial charge in [-0.25, -0.2) is 0 Å². The Morgan fingerprint density at radius 3 is 2.18 bits per heavy atom. The fraction of sp³-hybridized carbons (Fsp3) is 0.889. The summed E-state index contributed by atoms with van der Waals surface area (Å²) in [5, 5.41) is 0. The number of Topliss-reactive ketones (excluding diaryl/α,β-unsaturated/α-hetero) is 1. The van der Waals surface area contributed by atoms with Crippen molar-refractivity contribution in [3.8, 4) is 0 Å². The summed E-state index contributed by atoms with van der Waals surface area (Å²) in [5.74, 6) is 0.459. The van der Waals surface area contributed by atoms with Crippen LogP contribution in [0.25, 0.3) is 0 Å². The third kappa shape index (κ3) is 6.05. The Balaban J connectivity index is 3.64. The first-order valence-corrected chi connectivity index (χ1v) is 4.14. The average molecular weight is 157 g/mol. The number of hydrogen-bond acceptors (Lipinski definition) is 2. The zero-order chi connectivity index (χ0) is 9.07. The molecule has 0 aliphatic heterocycles. The van der Waals surface area contributed by atoms with Crippen molar-refractivity contribution in [2.75, 3.05) is 0 Å². The molecular formula is C9H19NO. The summed E-state index contributed by atoms with van der Waals surface area (Å²) in [4.78, 5) is 11.1. The highest BCUT2D eigenvalue weighted by Crippen LogP contribution is 2.10. The van der Waals surface area contributed by atoms with Gasteiger partial charge in [0.05, 0.1) is 0 Å². The maximum absolute atomic E-state index is 11.1. The normalized spacial score (nSPS) is 12.2. The Morgan fingerprint density at radius 1 is 1.45 bits per heavy atom. The van der Waals surface area contributed by atoms with Crippen molar-refractivity contribution in [2.45, 2.75) is 46.1 Å². The average Bonchev–Trinajstić information content (AvgIpc) is 1.80. The van der Waals surface area contributed by atoms with Gasteiger partial charge >= 0.3 is 0 Å². The van der Waals surface area contributed by atoms with E-state index in [1.54, 1.807) is 0 Å². The maximum Gasteiger partial charge on any atom is 0.135 e. The summed E-state index contributed by atoms with van der Waals surface area (Å²) in [6, 6.07) is 0. The molecule has 0 saturated carbocycles. The summed E-state index contributed by atoms with van der Waals surface area (Å²) < 4.78 is 0. The zero-order valence-electron chi connectivity index (χ0n) is 7.98. The molecule has 0 aliphatic rings. The van der Waals surface area contributed by atoms with E-state index < -0.39 is 0 Å². The SMILES string of the molecule is CC(C)C(=O)CCC(C)(C)N. The van der Waals surface area contributed by atoms with Crippen LogP contribution < -0.4 is 5.73 Å². The fourth-order valence-corrected chi connectivity index (χ4v) is 0.734. The van der Waals surface area contributed by atoms with E-state index in [2.05, 4.69) is 0 Å². The molecule has 0 saturated heterocycles. The molecule has 0 aromatic heterocycles. The lowest BCUT2D eigenvalue weighted by Crippen LogP contribution is -2.32. The van der Waals surface area contributed by atoms with Gasteiger partial charge in [0.25, 0.3) is 0 Å². The van der Waals surface area contributed by atoms with Gasteiger partial charge in [0, 0.05) is 17.9 Å². The molecule has 0 aliphatic carbocycles. The van der Waals surface area contributed by atoms with Crippen LogP contribution in [0.4, 0.5) is 0 Å². The Hall–Kier alpha value is -0.370. The predicted octanol–water partition coefficient (Wildman–Crippen LogP) is 1.73. The van der Waals surface area contributed by atoms with E-state index in [4.69, 9.17) is 5.73 Å². The van der Waals surface area contributed by atoms with E-state index in [1.165, 1.54) is 0 Å². The van der Waals surface area contributed by atoms with Crippen molar-refractivity contribution >= 4 is 5.78 Å². The highest BCUT2D eigenvalue weighted by Gasteiger charge is 2.14. The van der Waals surface area contributed by atoms with Crippen LogP contribution in [-0.2, 0) is 4.79 Å². The molecule has 2 heteroatoms. The minimum Gasteiger partial charge on any atom is -0.326 e. The lowest BCUT2D eigenvalue weighted by molar-refractivity contribution is -0.122. The Bertz CT molecular complexity index is 133. The Morgan fingerprint density at radius 2 is 1.91 bits per heavy atom. The fourth-order valence-electron chi connectivity index (χ4n) is 0.734. The number of ketones is 1. The number of nitrogens with two attached hydrogens (primary N) is 1. The van der Waals surface area contributed by atoms with Crippen LogP contribution >= 0.6 is 0 Å². The van der Waals surface area contributed by atoms with Gasteiger partial charge in [0.15, 0.2) is 0 Å². The van der Waals surface area contributed by atoms with Crippen LogP contribution in [0.2, 0.25) is 0 Å². The third-order valence-corrected chi connectivity index (χ3v) is 1.66. The molecule has 0 rings (SSSR count). The third-order valence-electron chi connectivity index (χ3n) is 1.66. The van der Waals surface area contributed by atoms with Gasteiger partial charge in [-0.05, 0) is 20.3 Å². The van der Waals surface area contributed by atoms with Gasteiger partial charge in [0.1, 0.15) is 5.78 Å². The summed E-state index contributed by atoms with van der Waals surface area (Å²) in [6.45, 7) is 7.74. The number of hydrogen-bond donors (Lipinski definition) is 1. The first-order valence-electron chi connectivity index (χ1n) is 4.14. The second kappa shape index (κ2) is 3.86. The molecule has 0 amide bonds. The number of carbonyl (C=O) groups excluding carboxylic acids is 1. The van der Waals surface area contributed by atoms with Crippen LogP contribution in [0.15, 0.2) is 0 Å². The molecular weight excluding hydrogens is 138 g/mol. The minimum atomic E-state index is -0.204. The highest BCUT2D eigenvalue weighted by atomic mass is 16.1. The molecule has 66 valence electrons. The topological polar surface area (TPSA) is 43.1 Å². The molecule has 0 aromatic rings. The van der Waals surface area contributed by atoms with Gasteiger partial charge in [-0.1, -0.05) is 13.8 Å². The lowest BCUT2D eigenvalue weighted by atomic mass is 9.95. The summed E-state index contributed by atoms with van der Waals surface area (Å²) >= 11 is 0. The van der Waals surface area contributed by atoms with Gasteiger partial charge in [-0.15, -0.1) is 0 Å². The molecule has 2 nitrogen and oxygen atoms in total. The Kier molecular flexibility index (Phi) is 3.73. The van der Waals surface area contributed by atoms with E-state index in [0.717, 1.165) is 6.42 Å². The second-order valence-electron chi connectivity index (χ2n) is 4.11. The quantitative estimate of drug-likeness (QED) is 0.675. The molecule has 0 spiro atoms. The number of rotatable bonds is 4. The second-order valence-corrected chi connectivity index (χ2v) is 4.11. The van der Waals surface area contributed by atoms with Crippen molar-refractivity contribution in [1.29, 1.82) is 0 Å². The molecule has 0 fully saturated rings. The molecule has 0 aromatic carbocycles. The van der Waals surface area contributed by atoms with Crippen molar-refractivity contribution in [3.63, 3.8) is 0 Å². The van der Waals surface area contributed by atoms with Gasteiger partial charge in [0.2, 0.25) is 0 Å². The lowest BCUT2D eigenvalue weighted by Gasteiger charge is -2.17. The highest BCUT2D eigenvalue weighted by molar-refractivity contribution is 5.80. The molecule has 0 unspecified atom stereocenters. The zero-order valence-corrected chi connectivity index (χ0v) is 7.98. The Labute approximate surface area is 69.2 Å². The van der Waals surface area contributed by atoms with Crippen molar-refractivity contribution in [1.82, 2.24) is 0 Å². The van der Waals surface area contributed by atoms with Gasteiger partial charge < -0.3 is 5.73 Å². The molecule has 0 heterocycles. The van der Waals surface area contributed by atoms with Crippen LogP contribution in [0.5, 0.6) is 0 Å². The summed E-state index contributed by atoms with van der Waals surface area (Å²) in [6.07, 6.45) is 1.39.